The van der Waals surface area contributed by atoms with Gasteiger partial charge >= 0.3 is 12.1 Å². The van der Waals surface area contributed by atoms with Gasteiger partial charge in [0.15, 0.2) is 6.61 Å². The van der Waals surface area contributed by atoms with Crippen LogP contribution >= 0.6 is 0 Å². The minimum absolute atomic E-state index is 0.211. The maximum Gasteiger partial charge on any atom is 0.411 e. The molecular weight excluding hydrogens is 372 g/mol. The molecule has 2 rings (SSSR count). The second-order valence-electron chi connectivity index (χ2n) is 6.64. The van der Waals surface area contributed by atoms with Crippen LogP contribution in [-0.4, -0.2) is 31.2 Å². The van der Waals surface area contributed by atoms with Crippen LogP contribution in [0.4, 0.5) is 10.5 Å². The quantitative estimate of drug-likeness (QED) is 0.690. The van der Waals surface area contributed by atoms with Gasteiger partial charge in [0.25, 0.3) is 5.91 Å². The normalized spacial score (nSPS) is 11.3. The molecule has 154 valence electrons. The highest BCUT2D eigenvalue weighted by Gasteiger charge is 2.14. The summed E-state index contributed by atoms with van der Waals surface area (Å²) in [5, 5.41) is 5.32. The van der Waals surface area contributed by atoms with Gasteiger partial charge in [-0.3, -0.25) is 10.1 Å². The van der Waals surface area contributed by atoms with E-state index in [-0.39, 0.29) is 18.2 Å². The highest BCUT2D eigenvalue weighted by Crippen LogP contribution is 2.17. The minimum atomic E-state index is -0.661. The van der Waals surface area contributed by atoms with Crippen LogP contribution in [0.2, 0.25) is 0 Å². The van der Waals surface area contributed by atoms with Crippen molar-refractivity contribution >= 4 is 23.7 Å². The number of carbonyl (C=O) groups is 3. The van der Waals surface area contributed by atoms with E-state index in [2.05, 4.69) is 10.6 Å². The van der Waals surface area contributed by atoms with E-state index in [9.17, 15) is 14.4 Å². The molecule has 0 bridgehead atoms. The van der Waals surface area contributed by atoms with Gasteiger partial charge in [-0.05, 0) is 62.6 Å². The molecule has 0 saturated carbocycles. The van der Waals surface area contributed by atoms with Gasteiger partial charge < -0.3 is 14.8 Å². The SMILES string of the molecule is CCOC(=O)Nc1cccc(C(=O)OCC(=O)NC(C)c2ccc(C)c(C)c2)c1. The molecular formula is C22H26N2O5. The van der Waals surface area contributed by atoms with Gasteiger partial charge in [-0.1, -0.05) is 24.3 Å². The molecule has 0 aliphatic rings. The molecule has 0 aliphatic carbocycles. The molecule has 7 nitrogen and oxygen atoms in total. The molecule has 0 fully saturated rings. The van der Waals surface area contributed by atoms with E-state index in [1.54, 1.807) is 19.1 Å². The number of rotatable bonds is 7. The van der Waals surface area contributed by atoms with Crippen molar-refractivity contribution in [3.05, 3.63) is 64.7 Å². The summed E-state index contributed by atoms with van der Waals surface area (Å²) >= 11 is 0. The molecule has 0 saturated heterocycles. The third-order valence-electron chi connectivity index (χ3n) is 4.36. The Morgan fingerprint density at radius 1 is 1.00 bits per heavy atom. The number of hydrogen-bond donors (Lipinski definition) is 2. The molecule has 0 radical (unpaired) electrons. The predicted molar refractivity (Wildman–Crippen MR) is 110 cm³/mol. The molecule has 0 spiro atoms. The minimum Gasteiger partial charge on any atom is -0.452 e. The number of esters is 1. The monoisotopic (exact) mass is 398 g/mol. The Balaban J connectivity index is 1.88. The highest BCUT2D eigenvalue weighted by atomic mass is 16.5. The van der Waals surface area contributed by atoms with E-state index in [1.165, 1.54) is 17.7 Å². The van der Waals surface area contributed by atoms with E-state index in [0.29, 0.717) is 5.69 Å². The number of hydrogen-bond acceptors (Lipinski definition) is 5. The van der Waals surface area contributed by atoms with Gasteiger partial charge in [0.05, 0.1) is 18.2 Å². The van der Waals surface area contributed by atoms with Crippen molar-refractivity contribution in [3.63, 3.8) is 0 Å². The summed E-state index contributed by atoms with van der Waals surface area (Å²) in [5.41, 5.74) is 3.91. The second kappa shape index (κ2) is 10.3. The fraction of sp³-hybridized carbons (Fsp3) is 0.318. The van der Waals surface area contributed by atoms with Crippen molar-refractivity contribution < 1.29 is 23.9 Å². The maximum atomic E-state index is 12.2. The van der Waals surface area contributed by atoms with Crippen LogP contribution in [0, 0.1) is 13.8 Å². The van der Waals surface area contributed by atoms with Crippen LogP contribution in [0.25, 0.3) is 0 Å². The number of aryl methyl sites for hydroxylation is 2. The van der Waals surface area contributed by atoms with Crippen LogP contribution in [0.1, 0.15) is 46.9 Å². The number of ether oxygens (including phenoxy) is 2. The third-order valence-corrected chi connectivity index (χ3v) is 4.36. The zero-order valence-electron chi connectivity index (χ0n) is 17.1. The molecule has 1 atom stereocenters. The number of amides is 2. The van der Waals surface area contributed by atoms with E-state index < -0.39 is 24.6 Å². The lowest BCUT2D eigenvalue weighted by Crippen LogP contribution is -2.31. The Morgan fingerprint density at radius 2 is 1.76 bits per heavy atom. The number of nitrogens with one attached hydrogen (secondary N) is 2. The van der Waals surface area contributed by atoms with Crippen LogP contribution in [0.5, 0.6) is 0 Å². The molecule has 1 unspecified atom stereocenters. The lowest BCUT2D eigenvalue weighted by atomic mass is 10.0. The lowest BCUT2D eigenvalue weighted by molar-refractivity contribution is -0.124. The third kappa shape index (κ3) is 6.64. The summed E-state index contributed by atoms with van der Waals surface area (Å²) in [5.74, 6) is -1.06. The Kier molecular flexibility index (Phi) is 7.77. The Morgan fingerprint density at radius 3 is 2.45 bits per heavy atom. The summed E-state index contributed by atoms with van der Waals surface area (Å²) in [6, 6.07) is 12.0. The summed E-state index contributed by atoms with van der Waals surface area (Å²) in [4.78, 5) is 35.8. The largest absolute Gasteiger partial charge is 0.452 e. The Hall–Kier alpha value is -3.35. The fourth-order valence-corrected chi connectivity index (χ4v) is 2.62. The van der Waals surface area contributed by atoms with Gasteiger partial charge in [0.1, 0.15) is 0 Å². The van der Waals surface area contributed by atoms with Crippen LogP contribution < -0.4 is 10.6 Å². The van der Waals surface area contributed by atoms with Gasteiger partial charge in [-0.2, -0.15) is 0 Å². The first kappa shape index (κ1) is 21.9. The average molecular weight is 398 g/mol. The first-order chi connectivity index (χ1) is 13.8. The van der Waals surface area contributed by atoms with Crippen LogP contribution in [0.15, 0.2) is 42.5 Å². The smallest absolute Gasteiger partial charge is 0.411 e. The first-order valence-electron chi connectivity index (χ1n) is 9.37. The van der Waals surface area contributed by atoms with Crippen molar-refractivity contribution in [2.45, 2.75) is 33.7 Å². The van der Waals surface area contributed by atoms with Crippen LogP contribution in [-0.2, 0) is 14.3 Å². The standard InChI is InChI=1S/C22H26N2O5/c1-5-28-22(27)24-19-8-6-7-18(12-19)21(26)29-13-20(25)23-16(4)17-10-9-14(2)15(3)11-17/h6-12,16H,5,13H2,1-4H3,(H,23,25)(H,24,27). The highest BCUT2D eigenvalue weighted by molar-refractivity contribution is 5.93. The number of carbonyl (C=O) groups excluding carboxylic acids is 3. The molecule has 0 aliphatic heterocycles. The zero-order valence-corrected chi connectivity index (χ0v) is 17.1. The van der Waals surface area contributed by atoms with Crippen molar-refractivity contribution in [2.24, 2.45) is 0 Å². The molecule has 0 aromatic heterocycles. The summed E-state index contributed by atoms with van der Waals surface area (Å²) < 4.78 is 9.88. The van der Waals surface area contributed by atoms with Gasteiger partial charge in [0.2, 0.25) is 0 Å². The maximum absolute atomic E-state index is 12.2. The zero-order chi connectivity index (χ0) is 21.4. The van der Waals surface area contributed by atoms with Crippen molar-refractivity contribution in [3.8, 4) is 0 Å². The molecule has 2 amide bonds. The van der Waals surface area contributed by atoms with Crippen LogP contribution in [0.3, 0.4) is 0 Å². The summed E-state index contributed by atoms with van der Waals surface area (Å²) in [7, 11) is 0. The predicted octanol–water partition coefficient (Wildman–Crippen LogP) is 3.91. The molecule has 7 heteroatoms. The number of benzene rings is 2. The second-order valence-corrected chi connectivity index (χ2v) is 6.64. The topological polar surface area (TPSA) is 93.7 Å². The Bertz CT molecular complexity index is 895. The Labute approximate surface area is 170 Å². The van der Waals surface area contributed by atoms with Crippen molar-refractivity contribution in [2.75, 3.05) is 18.5 Å². The molecule has 0 heterocycles. The van der Waals surface area contributed by atoms with Crippen molar-refractivity contribution in [1.82, 2.24) is 5.32 Å². The van der Waals surface area contributed by atoms with Crippen molar-refractivity contribution in [1.29, 1.82) is 0 Å². The first-order valence-corrected chi connectivity index (χ1v) is 9.37. The molecule has 2 aromatic rings. The van der Waals surface area contributed by atoms with E-state index in [0.717, 1.165) is 11.1 Å². The molecule has 29 heavy (non-hydrogen) atoms. The molecule has 2 N–H and O–H groups in total. The average Bonchev–Trinajstić information content (AvgIpc) is 2.68. The molecule has 2 aromatic carbocycles. The van der Waals surface area contributed by atoms with E-state index in [1.807, 2.05) is 39.0 Å². The summed E-state index contributed by atoms with van der Waals surface area (Å²) in [6.45, 7) is 7.44. The van der Waals surface area contributed by atoms with E-state index >= 15 is 0 Å². The van der Waals surface area contributed by atoms with E-state index in [4.69, 9.17) is 9.47 Å². The van der Waals surface area contributed by atoms with Gasteiger partial charge in [-0.25, -0.2) is 9.59 Å². The van der Waals surface area contributed by atoms with Gasteiger partial charge in [0, 0.05) is 5.69 Å². The van der Waals surface area contributed by atoms with Gasteiger partial charge in [-0.15, -0.1) is 0 Å². The summed E-state index contributed by atoms with van der Waals surface area (Å²) in [6.07, 6.45) is -0.613. The number of anilines is 1. The lowest BCUT2D eigenvalue weighted by Gasteiger charge is -2.16. The fourth-order valence-electron chi connectivity index (χ4n) is 2.62.